The van der Waals surface area contributed by atoms with Gasteiger partial charge in [-0.3, -0.25) is 4.79 Å². The van der Waals surface area contributed by atoms with Crippen LogP contribution in [0.3, 0.4) is 0 Å². The molecule has 1 atom stereocenters. The van der Waals surface area contributed by atoms with Crippen molar-refractivity contribution in [2.75, 3.05) is 11.6 Å². The van der Waals surface area contributed by atoms with Crippen molar-refractivity contribution in [1.29, 1.82) is 0 Å². The molecule has 7 heteroatoms. The molecule has 1 unspecified atom stereocenters. The van der Waals surface area contributed by atoms with E-state index in [1.165, 1.54) is 0 Å². The Morgan fingerprint density at radius 3 is 2.90 bits per heavy atom. The van der Waals surface area contributed by atoms with Crippen molar-refractivity contribution in [3.63, 3.8) is 0 Å². The zero-order valence-corrected chi connectivity index (χ0v) is 11.5. The Morgan fingerprint density at radius 1 is 1.24 bits per heavy atom. The van der Waals surface area contributed by atoms with Crippen molar-refractivity contribution in [3.8, 4) is 11.5 Å². The number of carbonyl (C=O) groups excluding carboxylic acids is 1. The van der Waals surface area contributed by atoms with Gasteiger partial charge in [-0.1, -0.05) is 6.07 Å². The van der Waals surface area contributed by atoms with Gasteiger partial charge in [0.2, 0.25) is 0 Å². The van der Waals surface area contributed by atoms with Crippen LogP contribution in [0.25, 0.3) is 0 Å². The van der Waals surface area contributed by atoms with E-state index in [4.69, 9.17) is 4.74 Å². The number of benzene rings is 2. The van der Waals surface area contributed by atoms with Crippen molar-refractivity contribution < 1.29 is 18.3 Å². The normalized spacial score (nSPS) is 16.4. The maximum atomic E-state index is 11.9. The molecule has 21 heavy (non-hydrogen) atoms. The first kappa shape index (κ1) is 12.4. The monoisotopic (exact) mass is 302 g/mol. The van der Waals surface area contributed by atoms with Crippen LogP contribution in [0.5, 0.6) is 11.5 Å². The topological polar surface area (TPSA) is 78.9 Å². The van der Waals surface area contributed by atoms with Gasteiger partial charge in [-0.25, -0.2) is 4.21 Å². The largest absolute Gasteiger partial charge is 0.453 e. The molecule has 106 valence electrons. The quantitative estimate of drug-likeness (QED) is 0.790. The van der Waals surface area contributed by atoms with Gasteiger partial charge in [-0.2, -0.15) is 0 Å². The van der Waals surface area contributed by atoms with Gasteiger partial charge in [0.25, 0.3) is 5.91 Å². The Bertz CT molecular complexity index is 806. The Morgan fingerprint density at radius 2 is 2.10 bits per heavy atom. The molecule has 4 rings (SSSR count). The Labute approximate surface area is 122 Å². The van der Waals surface area contributed by atoms with Gasteiger partial charge in [-0.05, 0) is 30.3 Å². The van der Waals surface area contributed by atoms with Gasteiger partial charge in [0, 0.05) is 0 Å². The molecule has 0 spiro atoms. The second kappa shape index (κ2) is 4.31. The predicted molar refractivity (Wildman–Crippen MR) is 76.5 cm³/mol. The number of para-hydroxylation sites is 1. The molecule has 0 aromatic heterocycles. The van der Waals surface area contributed by atoms with E-state index in [-0.39, 0.29) is 10.8 Å². The fourth-order valence-electron chi connectivity index (χ4n) is 2.62. The molecule has 0 radical (unpaired) electrons. The van der Waals surface area contributed by atoms with Gasteiger partial charge < -0.3 is 19.5 Å². The summed E-state index contributed by atoms with van der Waals surface area (Å²) in [5.74, 6) is 1.04. The molecule has 2 heterocycles. The third-order valence-corrected chi connectivity index (χ3v) is 4.21. The van der Waals surface area contributed by atoms with Crippen molar-refractivity contribution in [2.24, 2.45) is 0 Å². The van der Waals surface area contributed by atoms with Gasteiger partial charge in [0.15, 0.2) is 22.6 Å². The van der Waals surface area contributed by atoms with E-state index in [2.05, 4.69) is 5.32 Å². The van der Waals surface area contributed by atoms with Crippen LogP contribution in [-0.2, 0) is 11.1 Å². The molecular formula is C14H10N2O4S. The molecule has 0 aliphatic carbocycles. The number of rotatable bonds is 1. The maximum Gasteiger partial charge on any atom is 0.254 e. The maximum absolute atomic E-state index is 11.9. The number of carbonyl (C=O) groups is 1. The third kappa shape index (κ3) is 1.75. The summed E-state index contributed by atoms with van der Waals surface area (Å²) in [7, 11) is 0. The van der Waals surface area contributed by atoms with E-state index in [1.807, 2.05) is 4.90 Å². The number of ether oxygens (including phenoxy) is 1. The number of nitrogens with one attached hydrogen (secondary N) is 1. The van der Waals surface area contributed by atoms with Crippen LogP contribution in [0.15, 0.2) is 41.3 Å². The number of amides is 1. The highest BCUT2D eigenvalue weighted by Crippen LogP contribution is 2.49. The summed E-state index contributed by atoms with van der Waals surface area (Å²) in [6.45, 7) is 0.292. The molecule has 2 aliphatic heterocycles. The number of anilines is 2. The van der Waals surface area contributed by atoms with E-state index < -0.39 is 11.1 Å². The summed E-state index contributed by atoms with van der Waals surface area (Å²) in [6.07, 6.45) is 0. The van der Waals surface area contributed by atoms with Crippen molar-refractivity contribution >= 4 is 28.4 Å². The number of fused-ring (bicyclic) bond motifs is 2. The summed E-state index contributed by atoms with van der Waals surface area (Å²) in [5.41, 5.74) is 1.88. The number of hydrogen-bond acceptors (Lipinski definition) is 4. The lowest BCUT2D eigenvalue weighted by molar-refractivity contribution is 0.0948. The standard InChI is InChI=1S/C14H10N2O4S/c17-14-9-2-1-3-12-13(9)16(7-15-14)10-6-8(21(18)19)4-5-11(10)20-12/h1-6H,7H2,(H,15,17)(H,18,19). The van der Waals surface area contributed by atoms with Crippen LogP contribution in [0.4, 0.5) is 11.4 Å². The van der Waals surface area contributed by atoms with E-state index in [9.17, 15) is 13.6 Å². The van der Waals surface area contributed by atoms with Crippen LogP contribution < -0.4 is 15.0 Å². The van der Waals surface area contributed by atoms with E-state index in [0.29, 0.717) is 35.1 Å². The molecule has 0 fully saturated rings. The fraction of sp³-hybridized carbons (Fsp3) is 0.0714. The van der Waals surface area contributed by atoms with Crippen molar-refractivity contribution in [2.45, 2.75) is 4.90 Å². The second-order valence-corrected chi connectivity index (χ2v) is 5.69. The fourth-order valence-corrected chi connectivity index (χ4v) is 3.02. The lowest BCUT2D eigenvalue weighted by atomic mass is 10.1. The molecule has 1 amide bonds. The molecule has 2 aromatic rings. The lowest BCUT2D eigenvalue weighted by Crippen LogP contribution is -2.42. The minimum absolute atomic E-state index is 0.156. The summed E-state index contributed by atoms with van der Waals surface area (Å²) in [6, 6.07) is 10.1. The van der Waals surface area contributed by atoms with Crippen molar-refractivity contribution in [3.05, 3.63) is 42.0 Å². The molecule has 0 bridgehead atoms. The minimum Gasteiger partial charge on any atom is -0.453 e. The average Bonchev–Trinajstić information content (AvgIpc) is 2.49. The Balaban J connectivity index is 1.94. The van der Waals surface area contributed by atoms with Crippen LogP contribution in [0, 0.1) is 0 Å². The highest BCUT2D eigenvalue weighted by atomic mass is 32.2. The smallest absolute Gasteiger partial charge is 0.254 e. The van der Waals surface area contributed by atoms with Gasteiger partial charge in [-0.15, -0.1) is 0 Å². The zero-order chi connectivity index (χ0) is 14.6. The van der Waals surface area contributed by atoms with Crippen molar-refractivity contribution in [1.82, 2.24) is 5.32 Å². The number of nitrogens with zero attached hydrogens (tertiary/aromatic N) is 1. The van der Waals surface area contributed by atoms with E-state index >= 15 is 0 Å². The van der Waals surface area contributed by atoms with E-state index in [1.54, 1.807) is 36.4 Å². The zero-order valence-electron chi connectivity index (χ0n) is 10.7. The lowest BCUT2D eigenvalue weighted by Gasteiger charge is -2.37. The molecule has 0 saturated carbocycles. The highest BCUT2D eigenvalue weighted by Gasteiger charge is 2.32. The molecule has 2 aliphatic rings. The van der Waals surface area contributed by atoms with Crippen LogP contribution in [-0.4, -0.2) is 21.3 Å². The Hall–Kier alpha value is -2.38. The van der Waals surface area contributed by atoms with Gasteiger partial charge in [0.1, 0.15) is 0 Å². The van der Waals surface area contributed by atoms with Crippen LogP contribution in [0.1, 0.15) is 10.4 Å². The first-order chi connectivity index (χ1) is 10.1. The van der Waals surface area contributed by atoms with Crippen LogP contribution in [0.2, 0.25) is 0 Å². The summed E-state index contributed by atoms with van der Waals surface area (Å²) < 4.78 is 26.3. The van der Waals surface area contributed by atoms with Gasteiger partial charge >= 0.3 is 0 Å². The SMILES string of the molecule is O=C1NCN2c3cc(S(=O)O)ccc3Oc3cccc1c32. The minimum atomic E-state index is -2.07. The predicted octanol–water partition coefficient (Wildman–Crippen LogP) is 2.21. The first-order valence-corrected chi connectivity index (χ1v) is 7.37. The highest BCUT2D eigenvalue weighted by molar-refractivity contribution is 7.79. The van der Waals surface area contributed by atoms with E-state index in [0.717, 1.165) is 0 Å². The van der Waals surface area contributed by atoms with Gasteiger partial charge in [0.05, 0.1) is 28.5 Å². The summed E-state index contributed by atoms with van der Waals surface area (Å²) in [4.78, 5) is 14.1. The molecule has 2 aromatic carbocycles. The molecule has 6 nitrogen and oxygen atoms in total. The Kier molecular flexibility index (Phi) is 2.54. The number of hydrogen-bond donors (Lipinski definition) is 2. The summed E-state index contributed by atoms with van der Waals surface area (Å²) >= 11 is -2.07. The first-order valence-electron chi connectivity index (χ1n) is 6.26. The molecular weight excluding hydrogens is 292 g/mol. The summed E-state index contributed by atoms with van der Waals surface area (Å²) in [5, 5.41) is 2.78. The molecule has 2 N–H and O–H groups in total. The third-order valence-electron chi connectivity index (χ3n) is 3.55. The molecule has 0 saturated heterocycles. The van der Waals surface area contributed by atoms with Crippen LogP contribution >= 0.6 is 0 Å². The average molecular weight is 302 g/mol. The second-order valence-electron chi connectivity index (χ2n) is 4.73.